The van der Waals surface area contributed by atoms with Gasteiger partial charge in [-0.2, -0.15) is 4.98 Å². The van der Waals surface area contributed by atoms with Gasteiger partial charge < -0.3 is 24.0 Å². The highest BCUT2D eigenvalue weighted by Crippen LogP contribution is 2.28. The van der Waals surface area contributed by atoms with Crippen LogP contribution >= 0.6 is 0 Å². The number of imidazole rings is 1. The van der Waals surface area contributed by atoms with Gasteiger partial charge in [0.05, 0.1) is 42.4 Å². The highest BCUT2D eigenvalue weighted by atomic mass is 16.5. The zero-order valence-corrected chi connectivity index (χ0v) is 20.5. The molecule has 0 unspecified atom stereocenters. The average Bonchev–Trinajstić information content (AvgIpc) is 3.17. The molecule has 2 aliphatic heterocycles. The molecule has 1 N–H and O–H groups in total. The van der Waals surface area contributed by atoms with Gasteiger partial charge in [0, 0.05) is 38.9 Å². The molecular formula is C27H33N5O4. The number of carboxylic acids is 1. The van der Waals surface area contributed by atoms with E-state index in [4.69, 9.17) is 19.4 Å². The van der Waals surface area contributed by atoms with Crippen molar-refractivity contribution < 1.29 is 19.4 Å². The van der Waals surface area contributed by atoms with E-state index in [2.05, 4.69) is 20.4 Å². The van der Waals surface area contributed by atoms with Gasteiger partial charge in [-0.25, -0.2) is 9.78 Å². The number of pyridine rings is 1. The van der Waals surface area contributed by atoms with Crippen LogP contribution in [0.15, 0.2) is 36.4 Å². The number of benzene rings is 1. The predicted molar refractivity (Wildman–Crippen MR) is 136 cm³/mol. The largest absolute Gasteiger partial charge is 0.478 e. The standard InChI is InChI=1S/C27H33N5O4/c33-27(34)20-7-8-22-23(15-20)32(16-21-9-14-35-21)25(28-22)17-30-10-12-31(13-11-30)24-5-2-6-26(29-24)36-18-19-3-1-4-19/h2,5-8,15,19,21H,1,3-4,9-14,16-18H2,(H,33,34)/t21-/m0/s1. The zero-order valence-electron chi connectivity index (χ0n) is 20.5. The van der Waals surface area contributed by atoms with Crippen molar-refractivity contribution >= 4 is 22.8 Å². The van der Waals surface area contributed by atoms with Gasteiger partial charge in [0.15, 0.2) is 0 Å². The smallest absolute Gasteiger partial charge is 0.335 e. The third kappa shape index (κ3) is 4.90. The number of fused-ring (bicyclic) bond motifs is 1. The molecule has 0 radical (unpaired) electrons. The molecular weight excluding hydrogens is 458 g/mol. The Labute approximate surface area is 210 Å². The molecule has 2 saturated heterocycles. The van der Waals surface area contributed by atoms with Gasteiger partial charge >= 0.3 is 5.97 Å². The monoisotopic (exact) mass is 491 g/mol. The number of aromatic nitrogens is 3. The van der Waals surface area contributed by atoms with E-state index in [1.165, 1.54) is 19.3 Å². The lowest BCUT2D eigenvalue weighted by molar-refractivity contribution is -0.0592. The van der Waals surface area contributed by atoms with E-state index in [1.54, 1.807) is 12.1 Å². The summed E-state index contributed by atoms with van der Waals surface area (Å²) in [5.74, 6) is 2.41. The molecule has 3 aliphatic rings. The molecule has 1 atom stereocenters. The highest BCUT2D eigenvalue weighted by molar-refractivity contribution is 5.92. The number of rotatable bonds is 9. The van der Waals surface area contributed by atoms with Gasteiger partial charge in [-0.05, 0) is 49.4 Å². The first-order valence-electron chi connectivity index (χ1n) is 13.0. The summed E-state index contributed by atoms with van der Waals surface area (Å²) in [5.41, 5.74) is 1.97. The Morgan fingerprint density at radius 3 is 2.61 bits per heavy atom. The van der Waals surface area contributed by atoms with E-state index in [0.29, 0.717) is 12.5 Å². The van der Waals surface area contributed by atoms with Gasteiger partial charge in [0.1, 0.15) is 11.6 Å². The normalized spacial score (nSPS) is 20.8. The molecule has 0 amide bonds. The number of ether oxygens (including phenoxy) is 2. The van der Waals surface area contributed by atoms with Gasteiger partial charge in [-0.15, -0.1) is 0 Å². The molecule has 1 saturated carbocycles. The topological polar surface area (TPSA) is 93.0 Å². The summed E-state index contributed by atoms with van der Waals surface area (Å²) in [4.78, 5) is 25.9. The van der Waals surface area contributed by atoms with Crippen molar-refractivity contribution in [1.82, 2.24) is 19.4 Å². The van der Waals surface area contributed by atoms with Crippen molar-refractivity contribution in [3.8, 4) is 5.88 Å². The molecule has 9 heteroatoms. The first kappa shape index (κ1) is 23.2. The van der Waals surface area contributed by atoms with Crippen LogP contribution in [-0.2, 0) is 17.8 Å². The van der Waals surface area contributed by atoms with Crippen molar-refractivity contribution in [3.63, 3.8) is 0 Å². The van der Waals surface area contributed by atoms with E-state index in [1.807, 2.05) is 18.2 Å². The van der Waals surface area contributed by atoms with Gasteiger partial charge in [0.2, 0.25) is 5.88 Å². The van der Waals surface area contributed by atoms with Crippen LogP contribution in [0, 0.1) is 5.92 Å². The molecule has 2 aromatic heterocycles. The van der Waals surface area contributed by atoms with Gasteiger partial charge in [-0.3, -0.25) is 4.90 Å². The van der Waals surface area contributed by atoms with Crippen molar-refractivity contribution in [2.24, 2.45) is 5.92 Å². The third-order valence-corrected chi connectivity index (χ3v) is 7.72. The summed E-state index contributed by atoms with van der Waals surface area (Å²) in [5, 5.41) is 9.47. The number of piperazine rings is 1. The maximum atomic E-state index is 11.5. The van der Waals surface area contributed by atoms with Crippen molar-refractivity contribution in [2.75, 3.05) is 44.3 Å². The predicted octanol–water partition coefficient (Wildman–Crippen LogP) is 3.42. The minimum atomic E-state index is -0.923. The van der Waals surface area contributed by atoms with Crippen molar-refractivity contribution in [3.05, 3.63) is 47.8 Å². The fourth-order valence-electron chi connectivity index (χ4n) is 5.12. The van der Waals surface area contributed by atoms with Crippen molar-refractivity contribution in [1.29, 1.82) is 0 Å². The Hall–Kier alpha value is -3.17. The lowest BCUT2D eigenvalue weighted by atomic mass is 9.86. The van der Waals surface area contributed by atoms with Crippen LogP contribution in [-0.4, -0.2) is 76.0 Å². The Kier molecular flexibility index (Phi) is 6.50. The number of anilines is 1. The van der Waals surface area contributed by atoms with E-state index < -0.39 is 5.97 Å². The fourth-order valence-corrected chi connectivity index (χ4v) is 5.12. The minimum absolute atomic E-state index is 0.163. The van der Waals surface area contributed by atoms with E-state index in [0.717, 1.165) is 80.9 Å². The van der Waals surface area contributed by atoms with Crippen LogP contribution in [0.2, 0.25) is 0 Å². The second kappa shape index (κ2) is 10.1. The molecule has 1 aliphatic carbocycles. The number of carboxylic acid groups (broad SMARTS) is 1. The molecule has 4 heterocycles. The third-order valence-electron chi connectivity index (χ3n) is 7.72. The van der Waals surface area contributed by atoms with Crippen molar-refractivity contribution in [2.45, 2.75) is 44.9 Å². The highest BCUT2D eigenvalue weighted by Gasteiger charge is 2.25. The second-order valence-electron chi connectivity index (χ2n) is 10.1. The van der Waals surface area contributed by atoms with Crippen LogP contribution in [0.5, 0.6) is 5.88 Å². The molecule has 0 bridgehead atoms. The molecule has 0 spiro atoms. The molecule has 3 aromatic rings. The van der Waals surface area contributed by atoms with E-state index >= 15 is 0 Å². The van der Waals surface area contributed by atoms with Crippen LogP contribution in [0.25, 0.3) is 11.0 Å². The Balaban J connectivity index is 1.12. The fraction of sp³-hybridized carbons (Fsp3) is 0.519. The number of aromatic carboxylic acids is 1. The van der Waals surface area contributed by atoms with Gasteiger partial charge in [0.25, 0.3) is 0 Å². The molecule has 36 heavy (non-hydrogen) atoms. The number of nitrogens with zero attached hydrogens (tertiary/aromatic N) is 5. The second-order valence-corrected chi connectivity index (χ2v) is 10.1. The first-order valence-corrected chi connectivity index (χ1v) is 13.0. The Morgan fingerprint density at radius 1 is 1.08 bits per heavy atom. The van der Waals surface area contributed by atoms with Gasteiger partial charge in [-0.1, -0.05) is 12.5 Å². The minimum Gasteiger partial charge on any atom is -0.478 e. The zero-order chi connectivity index (χ0) is 24.5. The molecule has 3 fully saturated rings. The number of hydrogen-bond acceptors (Lipinski definition) is 7. The first-order chi connectivity index (χ1) is 17.6. The maximum Gasteiger partial charge on any atom is 0.335 e. The van der Waals surface area contributed by atoms with E-state index in [-0.39, 0.29) is 11.7 Å². The lowest BCUT2D eigenvalue weighted by Crippen LogP contribution is -2.46. The molecule has 6 rings (SSSR count). The number of carbonyl (C=O) groups is 1. The summed E-state index contributed by atoms with van der Waals surface area (Å²) >= 11 is 0. The SMILES string of the molecule is O=C(O)c1ccc2nc(CN3CCN(c4cccc(OCC5CCC5)n4)CC3)n(C[C@@H]3CCO3)c2c1. The maximum absolute atomic E-state index is 11.5. The van der Waals surface area contributed by atoms with Crippen LogP contribution in [0.3, 0.4) is 0 Å². The summed E-state index contributed by atoms with van der Waals surface area (Å²) in [6.07, 6.45) is 5.04. The quantitative estimate of drug-likeness (QED) is 0.487. The summed E-state index contributed by atoms with van der Waals surface area (Å²) in [6.45, 7) is 6.54. The summed E-state index contributed by atoms with van der Waals surface area (Å²) in [7, 11) is 0. The summed E-state index contributed by atoms with van der Waals surface area (Å²) in [6, 6.07) is 11.2. The lowest BCUT2D eigenvalue weighted by Gasteiger charge is -2.35. The number of hydrogen-bond donors (Lipinski definition) is 1. The molecule has 1 aromatic carbocycles. The summed E-state index contributed by atoms with van der Waals surface area (Å²) < 4.78 is 13.8. The van der Waals surface area contributed by atoms with Crippen LogP contribution in [0.4, 0.5) is 5.82 Å². The Bertz CT molecular complexity index is 1230. The Morgan fingerprint density at radius 2 is 1.92 bits per heavy atom. The van der Waals surface area contributed by atoms with Crippen LogP contribution < -0.4 is 9.64 Å². The average molecular weight is 492 g/mol. The molecule has 190 valence electrons. The van der Waals surface area contributed by atoms with E-state index in [9.17, 15) is 9.90 Å². The molecule has 9 nitrogen and oxygen atoms in total. The van der Waals surface area contributed by atoms with Crippen LogP contribution in [0.1, 0.15) is 41.9 Å².